The summed E-state index contributed by atoms with van der Waals surface area (Å²) in [7, 11) is 1.69. The van der Waals surface area contributed by atoms with Crippen LogP contribution in [0.5, 0.6) is 5.75 Å². The Morgan fingerprint density at radius 3 is 2.86 bits per heavy atom. The number of aryl methyl sites for hydroxylation is 1. The lowest BCUT2D eigenvalue weighted by Gasteiger charge is -2.49. The van der Waals surface area contributed by atoms with Gasteiger partial charge < -0.3 is 24.4 Å². The van der Waals surface area contributed by atoms with Gasteiger partial charge in [-0.1, -0.05) is 17.3 Å². The molecule has 1 saturated carbocycles. The maximum absolute atomic E-state index is 14.0. The minimum atomic E-state index is -0.393. The van der Waals surface area contributed by atoms with Crippen molar-refractivity contribution in [3.8, 4) is 11.4 Å². The minimum Gasteiger partial charge on any atom is -0.495 e. The van der Waals surface area contributed by atoms with E-state index in [4.69, 9.17) is 9.57 Å². The first-order valence-corrected chi connectivity index (χ1v) is 12.4. The largest absolute Gasteiger partial charge is 0.495 e. The van der Waals surface area contributed by atoms with Crippen LogP contribution in [0, 0.1) is 18.2 Å². The summed E-state index contributed by atoms with van der Waals surface area (Å²) in [5.41, 5.74) is 5.91. The van der Waals surface area contributed by atoms with Gasteiger partial charge in [-0.05, 0) is 73.1 Å². The van der Waals surface area contributed by atoms with Crippen molar-refractivity contribution in [2.24, 2.45) is 10.6 Å². The van der Waals surface area contributed by atoms with Crippen molar-refractivity contribution in [2.45, 2.75) is 31.7 Å². The van der Waals surface area contributed by atoms with E-state index in [0.717, 1.165) is 52.7 Å². The van der Waals surface area contributed by atoms with E-state index >= 15 is 0 Å². The molecule has 0 bridgehead atoms. The molecular weight excluding hydrogens is 457 g/mol. The maximum Gasteiger partial charge on any atom is 0.172 e. The Hall–Kier alpha value is -3.81. The molecule has 8 heteroatoms. The number of amidine groups is 1. The van der Waals surface area contributed by atoms with Crippen molar-refractivity contribution in [2.75, 3.05) is 32.1 Å². The van der Waals surface area contributed by atoms with Crippen molar-refractivity contribution in [3.05, 3.63) is 77.1 Å². The van der Waals surface area contributed by atoms with Crippen LogP contribution in [0.2, 0.25) is 0 Å². The molecule has 1 saturated heterocycles. The molecule has 2 fully saturated rings. The number of hydrogen-bond acceptors (Lipinski definition) is 6. The molecular formula is C28H28FN5O2. The lowest BCUT2D eigenvalue weighted by molar-refractivity contribution is -0.00612. The van der Waals surface area contributed by atoms with Gasteiger partial charge in [0.2, 0.25) is 0 Å². The lowest BCUT2D eigenvalue weighted by Crippen LogP contribution is -2.60. The van der Waals surface area contributed by atoms with Gasteiger partial charge in [-0.3, -0.25) is 0 Å². The van der Waals surface area contributed by atoms with Crippen LogP contribution in [0.4, 0.5) is 10.1 Å². The van der Waals surface area contributed by atoms with Gasteiger partial charge in [0.05, 0.1) is 24.8 Å². The number of piperidine rings is 1. The normalized spacial score (nSPS) is 24.2. The summed E-state index contributed by atoms with van der Waals surface area (Å²) in [4.78, 5) is 12.6. The number of anilines is 1. The zero-order chi connectivity index (χ0) is 24.5. The molecule has 1 unspecified atom stereocenters. The summed E-state index contributed by atoms with van der Waals surface area (Å²) in [5, 5.41) is 8.00. The van der Waals surface area contributed by atoms with Gasteiger partial charge in [0.1, 0.15) is 23.7 Å². The van der Waals surface area contributed by atoms with E-state index in [1.165, 1.54) is 18.4 Å². The van der Waals surface area contributed by atoms with Crippen LogP contribution in [-0.4, -0.2) is 47.1 Å². The van der Waals surface area contributed by atoms with Gasteiger partial charge in [-0.15, -0.1) is 0 Å². The Morgan fingerprint density at radius 2 is 2.08 bits per heavy atom. The molecule has 1 N–H and O–H groups in total. The van der Waals surface area contributed by atoms with E-state index in [0.29, 0.717) is 13.2 Å². The number of nitrogens with one attached hydrogen (secondary N) is 1. The number of imidazole rings is 1. The highest BCUT2D eigenvalue weighted by atomic mass is 19.1. The first-order valence-electron chi connectivity index (χ1n) is 12.4. The second kappa shape index (κ2) is 7.59. The van der Waals surface area contributed by atoms with E-state index < -0.39 is 5.54 Å². The number of benzene rings is 2. The number of nitrogens with zero attached hydrogens (tertiary/aromatic N) is 4. The van der Waals surface area contributed by atoms with Crippen molar-refractivity contribution in [3.63, 3.8) is 0 Å². The number of rotatable bonds is 3. The summed E-state index contributed by atoms with van der Waals surface area (Å²) in [6, 6.07) is 11.3. The Kier molecular flexibility index (Phi) is 4.53. The van der Waals surface area contributed by atoms with E-state index in [1.807, 2.05) is 23.8 Å². The van der Waals surface area contributed by atoms with Crippen LogP contribution in [0.25, 0.3) is 11.8 Å². The van der Waals surface area contributed by atoms with Gasteiger partial charge in [0.15, 0.2) is 5.84 Å². The number of ether oxygens (including phenoxy) is 1. The van der Waals surface area contributed by atoms with Crippen molar-refractivity contribution in [1.29, 1.82) is 0 Å². The summed E-state index contributed by atoms with van der Waals surface area (Å²) in [6.45, 7) is 4.02. The zero-order valence-electron chi connectivity index (χ0n) is 20.4. The first-order chi connectivity index (χ1) is 17.5. The molecule has 4 heterocycles. The van der Waals surface area contributed by atoms with Crippen molar-refractivity contribution in [1.82, 2.24) is 14.5 Å². The van der Waals surface area contributed by atoms with Gasteiger partial charge in [-0.2, -0.15) is 0 Å². The third-order valence-electron chi connectivity index (χ3n) is 8.12. The highest BCUT2D eigenvalue weighted by Gasteiger charge is 2.57. The molecule has 2 spiro atoms. The molecule has 3 aromatic rings. The number of hydrogen-bond donors (Lipinski definition) is 1. The smallest absolute Gasteiger partial charge is 0.172 e. The van der Waals surface area contributed by atoms with Crippen LogP contribution in [0.15, 0.2) is 59.7 Å². The van der Waals surface area contributed by atoms with Crippen LogP contribution in [0.1, 0.15) is 36.1 Å². The summed E-state index contributed by atoms with van der Waals surface area (Å²) < 4.78 is 21.7. The number of fused-ring (bicyclic) bond motifs is 4. The van der Waals surface area contributed by atoms with Crippen LogP contribution in [-0.2, 0) is 10.4 Å². The van der Waals surface area contributed by atoms with E-state index in [-0.39, 0.29) is 11.2 Å². The fraction of sp³-hybridized carbons (Fsp3) is 0.357. The molecule has 7 rings (SSSR count). The standard InChI is InChI=1S/C28H28FN5O2/c1-18-13-33(17-31-18)24-6-3-19(10-25(24)35-2)9-20-12-27(7-8-27)15-34-26(20)32-36-16-28(34)14-30-23-11-21(29)4-5-22(23)28/h3-6,9-11,13,17,30H,7-8,12,14-16H2,1-2H3/b20-9+. The predicted molar refractivity (Wildman–Crippen MR) is 136 cm³/mol. The third-order valence-corrected chi connectivity index (χ3v) is 8.12. The summed E-state index contributed by atoms with van der Waals surface area (Å²) in [6.07, 6.45) is 9.38. The maximum atomic E-state index is 14.0. The number of methoxy groups -OCH3 is 1. The van der Waals surface area contributed by atoms with Crippen LogP contribution in [0.3, 0.4) is 0 Å². The molecule has 2 aromatic carbocycles. The van der Waals surface area contributed by atoms with E-state index in [2.05, 4.69) is 44.6 Å². The zero-order valence-corrected chi connectivity index (χ0v) is 20.4. The predicted octanol–water partition coefficient (Wildman–Crippen LogP) is 4.86. The Bertz CT molecular complexity index is 1440. The third kappa shape index (κ3) is 3.23. The van der Waals surface area contributed by atoms with Gasteiger partial charge in [0.25, 0.3) is 0 Å². The molecule has 184 valence electrons. The SMILES string of the molecule is COc1cc(/C=C2\CC3(CC3)CN3C2=NOCC32CNc3cc(F)ccc32)ccc1-n1cnc(C)c1. The average Bonchev–Trinajstić information content (AvgIpc) is 3.31. The fourth-order valence-electron chi connectivity index (χ4n) is 6.02. The molecule has 1 aromatic heterocycles. The van der Waals surface area contributed by atoms with Gasteiger partial charge >= 0.3 is 0 Å². The second-order valence-corrected chi connectivity index (χ2v) is 10.5. The monoisotopic (exact) mass is 485 g/mol. The summed E-state index contributed by atoms with van der Waals surface area (Å²) in [5.74, 6) is 1.43. The number of halogens is 1. The lowest BCUT2D eigenvalue weighted by atomic mass is 9.82. The molecule has 7 nitrogen and oxygen atoms in total. The van der Waals surface area contributed by atoms with Crippen LogP contribution < -0.4 is 10.1 Å². The van der Waals surface area contributed by atoms with Gasteiger partial charge in [-0.25, -0.2) is 9.37 Å². The molecule has 4 aliphatic rings. The highest BCUT2D eigenvalue weighted by Crippen LogP contribution is 2.57. The molecule has 36 heavy (non-hydrogen) atoms. The van der Waals surface area contributed by atoms with Crippen LogP contribution >= 0.6 is 0 Å². The van der Waals surface area contributed by atoms with Crippen molar-refractivity contribution >= 4 is 17.6 Å². The quantitative estimate of drug-likeness (QED) is 0.574. The minimum absolute atomic E-state index is 0.231. The molecule has 0 radical (unpaired) electrons. The highest BCUT2D eigenvalue weighted by molar-refractivity contribution is 6.04. The average molecular weight is 486 g/mol. The second-order valence-electron chi connectivity index (χ2n) is 10.5. The first kappa shape index (κ1) is 21.5. The van der Waals surface area contributed by atoms with Gasteiger partial charge in [0, 0.05) is 30.5 Å². The van der Waals surface area contributed by atoms with E-state index in [9.17, 15) is 4.39 Å². The Balaban J connectivity index is 1.29. The Labute approximate surface area is 209 Å². The van der Waals surface area contributed by atoms with Crippen molar-refractivity contribution < 1.29 is 14.0 Å². The summed E-state index contributed by atoms with van der Waals surface area (Å²) >= 11 is 0. The Morgan fingerprint density at radius 1 is 1.19 bits per heavy atom. The topological polar surface area (TPSA) is 63.9 Å². The fourth-order valence-corrected chi connectivity index (χ4v) is 6.02. The van der Waals surface area contributed by atoms with E-state index in [1.54, 1.807) is 25.6 Å². The molecule has 1 aliphatic carbocycles. The number of aromatic nitrogens is 2. The molecule has 0 amide bonds. The molecule has 3 aliphatic heterocycles. The number of oxime groups is 1. The molecule has 1 atom stereocenters.